The maximum Gasteiger partial charge on any atom is 0.228 e. The van der Waals surface area contributed by atoms with Crippen LogP contribution in [0.3, 0.4) is 0 Å². The van der Waals surface area contributed by atoms with Crippen LogP contribution in [-0.4, -0.2) is 52.8 Å². The molecule has 2 saturated heterocycles. The molecule has 1 unspecified atom stereocenters. The Morgan fingerprint density at radius 2 is 1.90 bits per heavy atom. The van der Waals surface area contributed by atoms with E-state index in [9.17, 15) is 9.59 Å². The van der Waals surface area contributed by atoms with Gasteiger partial charge in [-0.3, -0.25) is 9.59 Å². The molecule has 0 spiro atoms. The van der Waals surface area contributed by atoms with Crippen molar-refractivity contribution in [3.05, 3.63) is 48.2 Å². The van der Waals surface area contributed by atoms with Gasteiger partial charge >= 0.3 is 0 Å². The molecule has 154 valence electrons. The molecule has 2 aromatic rings. The fourth-order valence-electron chi connectivity index (χ4n) is 4.13. The fourth-order valence-corrected chi connectivity index (χ4v) is 4.13. The van der Waals surface area contributed by atoms with Crippen LogP contribution in [0.25, 0.3) is 0 Å². The van der Waals surface area contributed by atoms with E-state index in [1.807, 2.05) is 46.0 Å². The standard InChI is InChI=1S/C22H28N4O3/c27-21(7-6-17-4-2-1-3-5-17)24-20-8-12-23-26(20)19-9-13-25(14-10-19)22(28)18-11-15-29-16-18/h1-5,8,12,18-19H,6-7,9-11,13-16H2,(H,24,27). The Labute approximate surface area is 171 Å². The number of anilines is 1. The first kappa shape index (κ1) is 19.6. The van der Waals surface area contributed by atoms with E-state index in [0.29, 0.717) is 26.1 Å². The number of piperidine rings is 1. The molecule has 7 nitrogen and oxygen atoms in total. The number of hydrogen-bond acceptors (Lipinski definition) is 4. The summed E-state index contributed by atoms with van der Waals surface area (Å²) in [5.41, 5.74) is 1.15. The van der Waals surface area contributed by atoms with Gasteiger partial charge in [0.15, 0.2) is 0 Å². The largest absolute Gasteiger partial charge is 0.381 e. The van der Waals surface area contributed by atoms with E-state index >= 15 is 0 Å². The number of likely N-dealkylation sites (tertiary alicyclic amines) is 1. The maximum atomic E-state index is 12.6. The normalized spacial score (nSPS) is 20.0. The van der Waals surface area contributed by atoms with Gasteiger partial charge in [0.05, 0.1) is 24.8 Å². The highest BCUT2D eigenvalue weighted by molar-refractivity contribution is 5.90. The Kier molecular flexibility index (Phi) is 6.24. The van der Waals surface area contributed by atoms with Gasteiger partial charge in [-0.2, -0.15) is 5.10 Å². The summed E-state index contributed by atoms with van der Waals surface area (Å²) >= 11 is 0. The molecule has 7 heteroatoms. The van der Waals surface area contributed by atoms with Crippen molar-refractivity contribution in [1.29, 1.82) is 0 Å². The number of carbonyl (C=O) groups is 2. The Morgan fingerprint density at radius 3 is 2.62 bits per heavy atom. The number of ether oxygens (including phenoxy) is 1. The lowest BCUT2D eigenvalue weighted by Crippen LogP contribution is -2.42. The molecule has 1 aromatic heterocycles. The van der Waals surface area contributed by atoms with Crippen molar-refractivity contribution >= 4 is 17.6 Å². The monoisotopic (exact) mass is 396 g/mol. The van der Waals surface area contributed by atoms with Crippen LogP contribution in [-0.2, 0) is 20.7 Å². The summed E-state index contributed by atoms with van der Waals surface area (Å²) in [5.74, 6) is 0.966. The van der Waals surface area contributed by atoms with E-state index in [0.717, 1.165) is 43.7 Å². The number of rotatable bonds is 6. The van der Waals surface area contributed by atoms with E-state index in [4.69, 9.17) is 4.74 Å². The molecule has 0 saturated carbocycles. The SMILES string of the molecule is O=C(CCc1ccccc1)Nc1ccnn1C1CCN(C(=O)C2CCOC2)CC1. The summed E-state index contributed by atoms with van der Waals surface area (Å²) in [7, 11) is 0. The number of nitrogens with one attached hydrogen (secondary N) is 1. The number of nitrogens with zero attached hydrogens (tertiary/aromatic N) is 3. The van der Waals surface area contributed by atoms with Gasteiger partial charge in [-0.05, 0) is 31.2 Å². The summed E-state index contributed by atoms with van der Waals surface area (Å²) in [6, 6.07) is 12.0. The average Bonchev–Trinajstić information content (AvgIpc) is 3.45. The molecule has 3 heterocycles. The van der Waals surface area contributed by atoms with Gasteiger partial charge in [-0.15, -0.1) is 0 Å². The summed E-state index contributed by atoms with van der Waals surface area (Å²) in [5, 5.41) is 7.44. The number of aryl methyl sites for hydroxylation is 1. The van der Waals surface area contributed by atoms with E-state index in [-0.39, 0.29) is 23.8 Å². The fraction of sp³-hybridized carbons (Fsp3) is 0.500. The molecule has 4 rings (SSSR count). The van der Waals surface area contributed by atoms with Gasteiger partial charge < -0.3 is 15.0 Å². The third-order valence-electron chi connectivity index (χ3n) is 5.82. The van der Waals surface area contributed by atoms with E-state index < -0.39 is 0 Å². The van der Waals surface area contributed by atoms with Crippen molar-refractivity contribution in [2.45, 2.75) is 38.1 Å². The second-order valence-electron chi connectivity index (χ2n) is 7.81. The topological polar surface area (TPSA) is 76.5 Å². The predicted molar refractivity (Wildman–Crippen MR) is 109 cm³/mol. The first-order chi connectivity index (χ1) is 14.2. The van der Waals surface area contributed by atoms with Crippen LogP contribution in [0, 0.1) is 5.92 Å². The lowest BCUT2D eigenvalue weighted by atomic mass is 10.0. The number of amides is 2. The highest BCUT2D eigenvalue weighted by atomic mass is 16.5. The molecule has 2 aliphatic rings. The van der Waals surface area contributed by atoms with Crippen LogP contribution in [0.15, 0.2) is 42.6 Å². The Morgan fingerprint density at radius 1 is 1.10 bits per heavy atom. The molecule has 2 fully saturated rings. The lowest BCUT2D eigenvalue weighted by Gasteiger charge is -2.34. The van der Waals surface area contributed by atoms with Gasteiger partial charge in [-0.1, -0.05) is 30.3 Å². The summed E-state index contributed by atoms with van der Waals surface area (Å²) < 4.78 is 7.25. The van der Waals surface area contributed by atoms with Gasteiger partial charge in [0, 0.05) is 32.2 Å². The molecule has 2 aliphatic heterocycles. The zero-order valence-electron chi connectivity index (χ0n) is 16.6. The number of hydrogen-bond donors (Lipinski definition) is 1. The minimum atomic E-state index is -0.00977. The summed E-state index contributed by atoms with van der Waals surface area (Å²) in [6.07, 6.45) is 5.39. The van der Waals surface area contributed by atoms with Crippen LogP contribution in [0.4, 0.5) is 5.82 Å². The molecule has 0 aliphatic carbocycles. The first-order valence-corrected chi connectivity index (χ1v) is 10.4. The molecule has 0 radical (unpaired) electrons. The van der Waals surface area contributed by atoms with Crippen LogP contribution in [0.1, 0.15) is 37.3 Å². The van der Waals surface area contributed by atoms with E-state index in [1.165, 1.54) is 0 Å². The van der Waals surface area contributed by atoms with Crippen LogP contribution >= 0.6 is 0 Å². The van der Waals surface area contributed by atoms with Gasteiger partial charge in [0.2, 0.25) is 11.8 Å². The molecule has 29 heavy (non-hydrogen) atoms. The van der Waals surface area contributed by atoms with Crippen molar-refractivity contribution < 1.29 is 14.3 Å². The molecule has 1 N–H and O–H groups in total. The minimum absolute atomic E-state index is 0.00977. The molecule has 0 bridgehead atoms. The molecular weight excluding hydrogens is 368 g/mol. The van der Waals surface area contributed by atoms with Gasteiger partial charge in [0.1, 0.15) is 5.82 Å². The Balaban J connectivity index is 1.29. The molecular formula is C22H28N4O3. The van der Waals surface area contributed by atoms with Gasteiger partial charge in [-0.25, -0.2) is 4.68 Å². The second kappa shape index (κ2) is 9.22. The third kappa shape index (κ3) is 4.85. The summed E-state index contributed by atoms with van der Waals surface area (Å²) in [6.45, 7) is 2.69. The number of carbonyl (C=O) groups excluding carboxylic acids is 2. The Hall–Kier alpha value is -2.67. The molecule has 1 aromatic carbocycles. The van der Waals surface area contributed by atoms with Crippen molar-refractivity contribution in [1.82, 2.24) is 14.7 Å². The van der Waals surface area contributed by atoms with E-state index in [2.05, 4.69) is 10.4 Å². The van der Waals surface area contributed by atoms with Crippen LogP contribution in [0.2, 0.25) is 0 Å². The quantitative estimate of drug-likeness (QED) is 0.814. The average molecular weight is 396 g/mol. The molecule has 2 amide bonds. The van der Waals surface area contributed by atoms with Crippen LogP contribution in [0.5, 0.6) is 0 Å². The third-order valence-corrected chi connectivity index (χ3v) is 5.82. The second-order valence-corrected chi connectivity index (χ2v) is 7.81. The van der Waals surface area contributed by atoms with E-state index in [1.54, 1.807) is 6.20 Å². The zero-order valence-corrected chi connectivity index (χ0v) is 16.6. The van der Waals surface area contributed by atoms with Crippen molar-refractivity contribution in [2.24, 2.45) is 5.92 Å². The molecule has 1 atom stereocenters. The maximum absolute atomic E-state index is 12.6. The first-order valence-electron chi connectivity index (χ1n) is 10.4. The Bertz CT molecular complexity index is 822. The van der Waals surface area contributed by atoms with Crippen molar-refractivity contribution in [3.63, 3.8) is 0 Å². The highest BCUT2D eigenvalue weighted by Gasteiger charge is 2.31. The van der Waals surface area contributed by atoms with Crippen LogP contribution < -0.4 is 5.32 Å². The van der Waals surface area contributed by atoms with Crippen molar-refractivity contribution in [3.8, 4) is 0 Å². The van der Waals surface area contributed by atoms with Crippen molar-refractivity contribution in [2.75, 3.05) is 31.6 Å². The van der Waals surface area contributed by atoms with Gasteiger partial charge in [0.25, 0.3) is 0 Å². The minimum Gasteiger partial charge on any atom is -0.381 e. The number of aromatic nitrogens is 2. The lowest BCUT2D eigenvalue weighted by molar-refractivity contribution is -0.136. The number of benzene rings is 1. The predicted octanol–water partition coefficient (Wildman–Crippen LogP) is 2.65. The zero-order chi connectivity index (χ0) is 20.1. The highest BCUT2D eigenvalue weighted by Crippen LogP contribution is 2.27. The smallest absolute Gasteiger partial charge is 0.228 e. The summed E-state index contributed by atoms with van der Waals surface area (Å²) in [4.78, 5) is 26.9.